The van der Waals surface area contributed by atoms with Gasteiger partial charge < -0.3 is 24.8 Å². The normalized spacial score (nSPS) is 12.5. The molecular formula is C47H44Cl2Zr-2. The third kappa shape index (κ3) is 9.30. The van der Waals surface area contributed by atoms with Crippen molar-refractivity contribution in [3.63, 3.8) is 0 Å². The zero-order chi connectivity index (χ0) is 33.9. The molecule has 0 atom stereocenters. The molecule has 3 heteroatoms. The number of halogens is 2. The quantitative estimate of drug-likeness (QED) is 0.187. The summed E-state index contributed by atoms with van der Waals surface area (Å²) < 4.78 is 1.41. The van der Waals surface area contributed by atoms with Gasteiger partial charge >= 0.3 is 145 Å². The van der Waals surface area contributed by atoms with E-state index in [2.05, 4.69) is 175 Å². The van der Waals surface area contributed by atoms with E-state index >= 15 is 0 Å². The summed E-state index contributed by atoms with van der Waals surface area (Å²) in [4.78, 5) is 0. The van der Waals surface area contributed by atoms with Crippen molar-refractivity contribution in [1.82, 2.24) is 0 Å². The molecule has 0 aliphatic heterocycles. The van der Waals surface area contributed by atoms with Crippen molar-refractivity contribution in [1.29, 1.82) is 0 Å². The molecule has 50 heavy (non-hydrogen) atoms. The van der Waals surface area contributed by atoms with Crippen LogP contribution in [0.25, 0.3) is 32.7 Å². The van der Waals surface area contributed by atoms with Crippen molar-refractivity contribution in [3.05, 3.63) is 179 Å². The van der Waals surface area contributed by atoms with Crippen LogP contribution in [0, 0.1) is 12.1 Å². The van der Waals surface area contributed by atoms with E-state index in [1.807, 2.05) is 12.2 Å². The van der Waals surface area contributed by atoms with Crippen LogP contribution in [0.3, 0.4) is 0 Å². The van der Waals surface area contributed by atoms with Crippen LogP contribution in [-0.4, -0.2) is 3.21 Å². The first kappa shape index (κ1) is 39.4. The van der Waals surface area contributed by atoms with E-state index in [4.69, 9.17) is 0 Å². The van der Waals surface area contributed by atoms with Gasteiger partial charge in [0.1, 0.15) is 0 Å². The molecule has 2 aliphatic rings. The first-order valence-electron chi connectivity index (χ1n) is 16.9. The fraction of sp³-hybridized carbons (Fsp3) is 0.213. The predicted octanol–water partition coefficient (Wildman–Crippen LogP) is 6.08. The number of rotatable bonds is 2. The molecule has 6 aromatic rings. The third-order valence-corrected chi connectivity index (χ3v) is 10.6. The minimum absolute atomic E-state index is 0. The summed E-state index contributed by atoms with van der Waals surface area (Å²) in [5.74, 6) is 0. The topological polar surface area (TPSA) is 0 Å². The first-order valence-corrected chi connectivity index (χ1v) is 18.2. The Morgan fingerprint density at radius 1 is 0.600 bits per heavy atom. The van der Waals surface area contributed by atoms with E-state index in [-0.39, 0.29) is 35.6 Å². The van der Waals surface area contributed by atoms with Crippen molar-refractivity contribution in [3.8, 4) is 11.1 Å². The molecule has 0 aromatic heterocycles. The van der Waals surface area contributed by atoms with Gasteiger partial charge in [0, 0.05) is 0 Å². The monoisotopic (exact) mass is 768 g/mol. The van der Waals surface area contributed by atoms with Crippen LogP contribution < -0.4 is 24.8 Å². The van der Waals surface area contributed by atoms with Gasteiger partial charge in [0.15, 0.2) is 0 Å². The van der Waals surface area contributed by atoms with E-state index in [0.29, 0.717) is 0 Å². The van der Waals surface area contributed by atoms with Gasteiger partial charge in [0.25, 0.3) is 0 Å². The molecule has 0 fully saturated rings. The van der Waals surface area contributed by atoms with Gasteiger partial charge in [-0.1, -0.05) is 76.3 Å². The molecule has 6 aromatic carbocycles. The molecular weight excluding hydrogens is 727 g/mol. The maximum absolute atomic E-state index is 3.53. The van der Waals surface area contributed by atoms with Crippen molar-refractivity contribution < 1.29 is 49.0 Å². The number of hydrogen-bond donors (Lipinski definition) is 0. The summed E-state index contributed by atoms with van der Waals surface area (Å²) in [5.41, 5.74) is 11.4. The van der Waals surface area contributed by atoms with Crippen LogP contribution in [0.2, 0.25) is 0 Å². The second-order valence-corrected chi connectivity index (χ2v) is 16.1. The second kappa shape index (κ2) is 16.8. The number of fused-ring (bicyclic) bond motifs is 5. The predicted molar refractivity (Wildman–Crippen MR) is 204 cm³/mol. The van der Waals surface area contributed by atoms with Crippen molar-refractivity contribution in [2.45, 2.75) is 65.2 Å². The number of allylic oxidation sites excluding steroid dienone is 4. The zero-order valence-electron chi connectivity index (χ0n) is 29.9. The molecule has 2 aliphatic carbocycles. The van der Waals surface area contributed by atoms with Crippen LogP contribution in [0.5, 0.6) is 0 Å². The maximum atomic E-state index is 3.53. The summed E-state index contributed by atoms with van der Waals surface area (Å²) in [6.45, 7) is 13.6. The summed E-state index contributed by atoms with van der Waals surface area (Å²) in [5, 5.41) is 5.21. The third-order valence-electron chi connectivity index (χ3n) is 9.19. The van der Waals surface area contributed by atoms with Gasteiger partial charge in [0.05, 0.1) is 0 Å². The Bertz CT molecular complexity index is 2020. The zero-order valence-corrected chi connectivity index (χ0v) is 33.8. The molecule has 0 radical (unpaired) electrons. The Balaban J connectivity index is 0.000000190. The molecule has 252 valence electrons. The summed E-state index contributed by atoms with van der Waals surface area (Å²) in [7, 11) is 0. The summed E-state index contributed by atoms with van der Waals surface area (Å²) in [6.07, 6.45) is 11.0. The van der Waals surface area contributed by atoms with Gasteiger partial charge in [-0.05, 0) is 17.4 Å². The van der Waals surface area contributed by atoms with Crippen LogP contribution in [-0.2, 0) is 41.5 Å². The van der Waals surface area contributed by atoms with Crippen LogP contribution >= 0.6 is 0 Å². The van der Waals surface area contributed by atoms with Crippen molar-refractivity contribution in [2.75, 3.05) is 0 Å². The molecule has 0 nitrogen and oxygen atoms in total. The molecule has 0 amide bonds. The first-order chi connectivity index (χ1) is 23.0. The van der Waals surface area contributed by atoms with E-state index in [1.165, 1.54) is 93.5 Å². The number of hydrogen-bond acceptors (Lipinski definition) is 0. The van der Waals surface area contributed by atoms with Gasteiger partial charge in [0.2, 0.25) is 0 Å². The van der Waals surface area contributed by atoms with E-state index < -0.39 is 0 Å². The van der Waals surface area contributed by atoms with E-state index in [9.17, 15) is 0 Å². The van der Waals surface area contributed by atoms with Gasteiger partial charge in [-0.15, -0.1) is 12.0 Å². The molecule has 0 unspecified atom stereocenters. The molecule has 0 bridgehead atoms. The Morgan fingerprint density at radius 2 is 1.14 bits per heavy atom. The average molecular weight is 771 g/mol. The molecule has 8 rings (SSSR count). The van der Waals surface area contributed by atoms with E-state index in [1.54, 1.807) is 0 Å². The number of benzene rings is 6. The standard InChI is InChI=1S/C21H14.C21H25.C5H5.2ClH.Zr/c1-3-7-20-14-16(9-11-18(20)5-1)13-17-10-12-19-6-2-4-8-21(19)15-17;1-20(2,3)16-9-7-14-11-15-8-10-17(21(4,5)6)13-19(15)18(14)12-16;1-2-4-5-3-1;;;/h1-12,14-15H;7,9-10,12-13H,11H2,1-6H3;1-3H,4H2;2*1H;/q;2*-1;;;+2/p-2. The van der Waals surface area contributed by atoms with Crippen molar-refractivity contribution in [2.24, 2.45) is 0 Å². The second-order valence-electron chi connectivity index (χ2n) is 14.8. The molecule has 0 N–H and O–H groups in total. The SMILES string of the molecule is CC(C)(C)c1c[c-]c2c(c1)-c1cc(C(C)(C)C)ccc1C2.[C-]1=CC=CC1.[Cl-].[Cl-].[Zr+2]=[C](c1ccc2ccccc2c1)c1ccc2ccccc2c1. The average Bonchev–Trinajstić information content (AvgIpc) is 3.79. The van der Waals surface area contributed by atoms with Gasteiger partial charge in [-0.3, -0.25) is 6.08 Å². The molecule has 0 saturated heterocycles. The Morgan fingerprint density at radius 3 is 1.62 bits per heavy atom. The van der Waals surface area contributed by atoms with E-state index in [0.717, 1.165) is 12.8 Å². The minimum atomic E-state index is 0. The molecule has 0 heterocycles. The summed E-state index contributed by atoms with van der Waals surface area (Å²) in [6, 6.07) is 45.7. The summed E-state index contributed by atoms with van der Waals surface area (Å²) >= 11 is 1.44. The van der Waals surface area contributed by atoms with Crippen molar-refractivity contribution >= 4 is 24.8 Å². The fourth-order valence-electron chi connectivity index (χ4n) is 6.18. The van der Waals surface area contributed by atoms with Gasteiger partial charge in [-0.25, -0.2) is 12.2 Å². The fourth-order valence-corrected chi connectivity index (χ4v) is 6.95. The molecule has 0 spiro atoms. The Kier molecular flexibility index (Phi) is 13.2. The van der Waals surface area contributed by atoms with Crippen LogP contribution in [0.15, 0.2) is 133 Å². The van der Waals surface area contributed by atoms with Crippen LogP contribution in [0.1, 0.15) is 81.3 Å². The van der Waals surface area contributed by atoms with Crippen LogP contribution in [0.4, 0.5) is 0 Å². The van der Waals surface area contributed by atoms with Gasteiger partial charge in [-0.2, -0.15) is 35.4 Å². The molecule has 0 saturated carbocycles. The Labute approximate surface area is 326 Å². The Hall–Kier alpha value is -3.35.